The smallest absolute Gasteiger partial charge is 0.200 e. The van der Waals surface area contributed by atoms with Gasteiger partial charge in [0.1, 0.15) is 23.1 Å². The van der Waals surface area contributed by atoms with E-state index in [1.165, 1.54) is 18.2 Å². The van der Waals surface area contributed by atoms with E-state index in [-0.39, 0.29) is 45.0 Å². The maximum Gasteiger partial charge on any atom is 0.200 e. The largest absolute Gasteiger partial charge is 0.507 e. The highest BCUT2D eigenvalue weighted by atomic mass is 16.5. The first kappa shape index (κ1) is 26.4. The number of phenolic OH excluding ortho intramolecular Hbond substituents is 1. The molecule has 0 radical (unpaired) electrons. The van der Waals surface area contributed by atoms with E-state index in [4.69, 9.17) is 4.74 Å². The standard InChI is InChI=1S/C27H27N7O4/c1-4-11-30-34-26-18(14-28)15(2)23(27(31-26)29-12-13-38-3)33-32-19-9-5-7-16-21(19)25(37)22-17(24(16)36)8-6-10-20(22)35/h5-10,30,35H,4,11-13H2,1-3H3,(H2,29,31,34)/b33-32+. The number of anilines is 2. The lowest BCUT2D eigenvalue weighted by Crippen LogP contribution is -2.24. The molecule has 11 heteroatoms. The summed E-state index contributed by atoms with van der Waals surface area (Å²) in [5.41, 5.74) is 7.55. The number of aromatic hydroxyl groups is 1. The fourth-order valence-corrected chi connectivity index (χ4v) is 4.10. The summed E-state index contributed by atoms with van der Waals surface area (Å²) in [6.07, 6.45) is 0.879. The van der Waals surface area contributed by atoms with Gasteiger partial charge in [-0.2, -0.15) is 5.26 Å². The van der Waals surface area contributed by atoms with Gasteiger partial charge in [0.2, 0.25) is 0 Å². The summed E-state index contributed by atoms with van der Waals surface area (Å²) < 4.78 is 5.13. The summed E-state index contributed by atoms with van der Waals surface area (Å²) in [6.45, 7) is 5.23. The van der Waals surface area contributed by atoms with Gasteiger partial charge in [-0.1, -0.05) is 31.2 Å². The van der Waals surface area contributed by atoms with Crippen molar-refractivity contribution in [3.63, 3.8) is 0 Å². The van der Waals surface area contributed by atoms with Gasteiger partial charge in [0.15, 0.2) is 23.2 Å². The lowest BCUT2D eigenvalue weighted by atomic mass is 9.83. The lowest BCUT2D eigenvalue weighted by molar-refractivity contribution is 0.0977. The van der Waals surface area contributed by atoms with Crippen LogP contribution in [0.3, 0.4) is 0 Å². The second kappa shape index (κ2) is 11.6. The van der Waals surface area contributed by atoms with Crippen LogP contribution < -0.4 is 16.2 Å². The van der Waals surface area contributed by atoms with Crippen molar-refractivity contribution in [2.45, 2.75) is 20.3 Å². The number of pyridine rings is 1. The molecule has 0 atom stereocenters. The van der Waals surface area contributed by atoms with Crippen LogP contribution in [-0.4, -0.2) is 48.5 Å². The Labute approximate surface area is 219 Å². The molecule has 4 rings (SSSR count). The minimum atomic E-state index is -0.519. The molecule has 4 N–H and O–H groups in total. The zero-order valence-corrected chi connectivity index (χ0v) is 21.3. The van der Waals surface area contributed by atoms with Crippen LogP contribution in [0.1, 0.15) is 56.3 Å². The van der Waals surface area contributed by atoms with Crippen molar-refractivity contribution in [1.82, 2.24) is 10.4 Å². The first-order chi connectivity index (χ1) is 18.4. The number of nitriles is 1. The van der Waals surface area contributed by atoms with E-state index in [0.29, 0.717) is 42.6 Å². The van der Waals surface area contributed by atoms with Gasteiger partial charge in [-0.05, 0) is 25.5 Å². The molecular formula is C27H27N7O4. The molecule has 1 aromatic heterocycles. The molecule has 0 saturated carbocycles. The Bertz CT molecular complexity index is 1480. The molecule has 194 valence electrons. The summed E-state index contributed by atoms with van der Waals surface area (Å²) in [5, 5.41) is 32.0. The lowest BCUT2D eigenvalue weighted by Gasteiger charge is -2.19. The predicted octanol–water partition coefficient (Wildman–Crippen LogP) is 4.54. The molecule has 2 aromatic carbocycles. The van der Waals surface area contributed by atoms with Gasteiger partial charge in [-0.3, -0.25) is 9.59 Å². The molecule has 38 heavy (non-hydrogen) atoms. The molecule has 0 fully saturated rings. The topological polar surface area (TPSA) is 161 Å². The Hall–Kier alpha value is -4.66. The second-order valence-corrected chi connectivity index (χ2v) is 8.50. The number of aromatic nitrogens is 1. The van der Waals surface area contributed by atoms with Crippen LogP contribution in [-0.2, 0) is 4.74 Å². The number of azo groups is 1. The van der Waals surface area contributed by atoms with Crippen molar-refractivity contribution in [3.05, 3.63) is 69.8 Å². The SMILES string of the molecule is CCCNNc1nc(NCCOC)c(/N=N/c2cccc3c2C(=O)c2c(O)cccc2C3=O)c(C)c1C#N. The number of rotatable bonds is 10. The molecule has 1 aliphatic rings. The Morgan fingerprint density at radius 3 is 2.47 bits per heavy atom. The molecule has 0 spiro atoms. The van der Waals surface area contributed by atoms with Gasteiger partial charge in [-0.25, -0.2) is 10.4 Å². The zero-order valence-electron chi connectivity index (χ0n) is 21.3. The Morgan fingerprint density at radius 1 is 1.03 bits per heavy atom. The van der Waals surface area contributed by atoms with E-state index in [1.807, 2.05) is 6.92 Å². The zero-order chi connectivity index (χ0) is 27.2. The number of fused-ring (bicyclic) bond motifs is 2. The highest BCUT2D eigenvalue weighted by molar-refractivity contribution is 6.30. The molecule has 0 bridgehead atoms. The maximum absolute atomic E-state index is 13.4. The Morgan fingerprint density at radius 2 is 1.76 bits per heavy atom. The van der Waals surface area contributed by atoms with E-state index in [2.05, 4.69) is 37.5 Å². The van der Waals surface area contributed by atoms with Crippen molar-refractivity contribution in [2.75, 3.05) is 37.5 Å². The third-order valence-electron chi connectivity index (χ3n) is 5.99. The number of carbonyl (C=O) groups excluding carboxylic acids is 2. The number of nitrogens with one attached hydrogen (secondary N) is 3. The molecular weight excluding hydrogens is 486 g/mol. The van der Waals surface area contributed by atoms with Crippen molar-refractivity contribution in [1.29, 1.82) is 5.26 Å². The molecule has 3 aromatic rings. The molecule has 1 aliphatic carbocycles. The third-order valence-corrected chi connectivity index (χ3v) is 5.99. The highest BCUT2D eigenvalue weighted by Gasteiger charge is 2.33. The molecule has 0 aliphatic heterocycles. The van der Waals surface area contributed by atoms with E-state index in [9.17, 15) is 20.0 Å². The average Bonchev–Trinajstić information content (AvgIpc) is 2.91. The summed E-state index contributed by atoms with van der Waals surface area (Å²) in [5.74, 6) is -0.485. The second-order valence-electron chi connectivity index (χ2n) is 8.50. The summed E-state index contributed by atoms with van der Waals surface area (Å²) in [6, 6.07) is 11.3. The van der Waals surface area contributed by atoms with Gasteiger partial charge in [-0.15, -0.1) is 10.2 Å². The maximum atomic E-state index is 13.4. The summed E-state index contributed by atoms with van der Waals surface area (Å²) in [7, 11) is 1.58. The number of methoxy groups -OCH3 is 1. The van der Waals surface area contributed by atoms with Crippen LogP contribution in [0.15, 0.2) is 46.6 Å². The first-order valence-corrected chi connectivity index (χ1v) is 12.0. The fraction of sp³-hybridized carbons (Fsp3) is 0.259. The number of nitrogens with zero attached hydrogens (tertiary/aromatic N) is 4. The minimum Gasteiger partial charge on any atom is -0.507 e. The number of benzene rings is 2. The number of ether oxygens (including phenoxy) is 1. The van der Waals surface area contributed by atoms with Gasteiger partial charge in [0, 0.05) is 36.9 Å². The third kappa shape index (κ3) is 4.95. The number of hydrogen-bond acceptors (Lipinski definition) is 11. The molecule has 0 amide bonds. The number of hydrogen-bond donors (Lipinski definition) is 4. The van der Waals surface area contributed by atoms with Gasteiger partial charge in [0.05, 0.1) is 23.4 Å². The van der Waals surface area contributed by atoms with Crippen molar-refractivity contribution >= 4 is 34.6 Å². The Kier molecular flexibility index (Phi) is 8.06. The van der Waals surface area contributed by atoms with Crippen molar-refractivity contribution in [3.8, 4) is 11.8 Å². The van der Waals surface area contributed by atoms with Gasteiger partial charge >= 0.3 is 0 Å². The van der Waals surface area contributed by atoms with Crippen LogP contribution in [0.25, 0.3) is 0 Å². The Balaban J connectivity index is 1.80. The van der Waals surface area contributed by atoms with Gasteiger partial charge in [0.25, 0.3) is 0 Å². The van der Waals surface area contributed by atoms with Gasteiger partial charge < -0.3 is 20.6 Å². The van der Waals surface area contributed by atoms with E-state index < -0.39 is 5.78 Å². The van der Waals surface area contributed by atoms with Crippen LogP contribution in [0.5, 0.6) is 5.75 Å². The van der Waals surface area contributed by atoms with Crippen molar-refractivity contribution < 1.29 is 19.4 Å². The van der Waals surface area contributed by atoms with E-state index in [1.54, 1.807) is 32.2 Å². The first-order valence-electron chi connectivity index (χ1n) is 12.0. The molecule has 11 nitrogen and oxygen atoms in total. The van der Waals surface area contributed by atoms with Crippen LogP contribution >= 0.6 is 0 Å². The average molecular weight is 514 g/mol. The molecule has 0 unspecified atom stereocenters. The van der Waals surface area contributed by atoms with Crippen LogP contribution in [0.4, 0.5) is 23.0 Å². The van der Waals surface area contributed by atoms with Crippen LogP contribution in [0, 0.1) is 18.3 Å². The van der Waals surface area contributed by atoms with E-state index >= 15 is 0 Å². The van der Waals surface area contributed by atoms with Crippen LogP contribution in [0.2, 0.25) is 0 Å². The normalized spacial score (nSPS) is 12.3. The quantitative estimate of drug-likeness (QED) is 0.135. The summed E-state index contributed by atoms with van der Waals surface area (Å²) in [4.78, 5) is 31.0. The predicted molar refractivity (Wildman–Crippen MR) is 142 cm³/mol. The molecule has 1 heterocycles. The number of carbonyl (C=O) groups is 2. The number of phenols is 1. The number of ketones is 2. The molecule has 0 saturated heterocycles. The van der Waals surface area contributed by atoms with Crippen molar-refractivity contribution in [2.24, 2.45) is 10.2 Å². The number of hydrazine groups is 1. The minimum absolute atomic E-state index is 0.0531. The monoisotopic (exact) mass is 513 g/mol. The summed E-state index contributed by atoms with van der Waals surface area (Å²) >= 11 is 0. The fourth-order valence-electron chi connectivity index (χ4n) is 4.10. The highest BCUT2D eigenvalue weighted by Crippen LogP contribution is 2.39. The van der Waals surface area contributed by atoms with E-state index in [0.717, 1.165) is 6.42 Å².